The van der Waals surface area contributed by atoms with Gasteiger partial charge in [0.1, 0.15) is 0 Å². The fourth-order valence-corrected chi connectivity index (χ4v) is 1.74. The predicted octanol–water partition coefficient (Wildman–Crippen LogP) is -0.130. The van der Waals surface area contributed by atoms with Gasteiger partial charge in [-0.25, -0.2) is 0 Å². The maximum absolute atomic E-state index is 3.15. The fourth-order valence-electron chi connectivity index (χ4n) is 0.937. The van der Waals surface area contributed by atoms with E-state index >= 15 is 0 Å². The van der Waals surface area contributed by atoms with E-state index in [-0.39, 0.29) is 0 Å². The van der Waals surface area contributed by atoms with E-state index in [0.717, 1.165) is 6.54 Å². The van der Waals surface area contributed by atoms with Crippen molar-refractivity contribution < 1.29 is 0 Å². The molecule has 0 aliphatic carbocycles. The molecule has 0 aromatic carbocycles. The Bertz CT molecular complexity index is 279. The number of thiophene rings is 1. The van der Waals surface area contributed by atoms with Crippen molar-refractivity contribution >= 4 is 23.6 Å². The van der Waals surface area contributed by atoms with Gasteiger partial charge in [0.25, 0.3) is 0 Å². The smallest absolute Gasteiger partial charge is 0.0342 e. The Kier molecular flexibility index (Phi) is 1.06. The van der Waals surface area contributed by atoms with E-state index in [9.17, 15) is 0 Å². The van der Waals surface area contributed by atoms with Crippen LogP contribution in [0.2, 0.25) is 0 Å². The minimum atomic E-state index is 0.980. The molecule has 2 heteroatoms. The van der Waals surface area contributed by atoms with Crippen LogP contribution >= 0.6 is 11.3 Å². The summed E-state index contributed by atoms with van der Waals surface area (Å²) in [5, 5.41) is 6.59. The number of fused-ring (bicyclic) bond motifs is 1. The van der Waals surface area contributed by atoms with Crippen LogP contribution in [0.15, 0.2) is 11.4 Å². The number of nitrogens with one attached hydrogen (secondary N) is 1. The van der Waals surface area contributed by atoms with E-state index in [1.165, 1.54) is 9.75 Å². The van der Waals surface area contributed by atoms with Crippen LogP contribution in [0.3, 0.4) is 0 Å². The third-order valence-corrected chi connectivity index (χ3v) is 2.32. The van der Waals surface area contributed by atoms with Crippen LogP contribution < -0.4 is 15.1 Å². The maximum atomic E-state index is 3.15. The maximum Gasteiger partial charge on any atom is 0.0342 e. The summed E-state index contributed by atoms with van der Waals surface area (Å²) in [5.74, 6) is 0. The van der Waals surface area contributed by atoms with E-state index in [0.29, 0.717) is 0 Å². The highest BCUT2D eigenvalue weighted by Crippen LogP contribution is 1.82. The lowest BCUT2D eigenvalue weighted by molar-refractivity contribution is 1.06. The molecule has 9 heavy (non-hydrogen) atoms. The Balaban J connectivity index is 2.89. The van der Waals surface area contributed by atoms with Crippen molar-refractivity contribution in [2.24, 2.45) is 0 Å². The lowest BCUT2D eigenvalue weighted by Gasteiger charge is -1.96. The second kappa shape index (κ2) is 1.88. The van der Waals surface area contributed by atoms with Gasteiger partial charge in [-0.15, -0.1) is 11.3 Å². The van der Waals surface area contributed by atoms with E-state index in [4.69, 9.17) is 0 Å². The molecule has 0 bridgehead atoms. The topological polar surface area (TPSA) is 12.0 Å². The summed E-state index contributed by atoms with van der Waals surface area (Å²) >= 11 is 1.80. The molecule has 1 aliphatic rings. The highest BCUT2D eigenvalue weighted by molar-refractivity contribution is 7.07. The molecule has 0 unspecified atom stereocenters. The molecule has 0 saturated carbocycles. The standard InChI is InChI=1S/C7H7NS/c1-3-8-5-6-2-4-9-7(1)6/h1-2,4-5,8H,3H2. The molecular weight excluding hydrogens is 130 g/mol. The molecule has 0 fully saturated rings. The zero-order valence-corrected chi connectivity index (χ0v) is 5.74. The zero-order valence-electron chi connectivity index (χ0n) is 4.92. The Labute approximate surface area is 57.3 Å². The van der Waals surface area contributed by atoms with E-state index in [1.807, 2.05) is 0 Å². The summed E-state index contributed by atoms with van der Waals surface area (Å²) in [6.07, 6.45) is 4.27. The lowest BCUT2D eigenvalue weighted by atomic mass is 10.4. The van der Waals surface area contributed by atoms with Crippen molar-refractivity contribution in [2.45, 2.75) is 0 Å². The first kappa shape index (κ1) is 5.06. The van der Waals surface area contributed by atoms with E-state index < -0.39 is 0 Å². The van der Waals surface area contributed by atoms with E-state index in [1.54, 1.807) is 11.3 Å². The largest absolute Gasteiger partial charge is 0.387 e. The molecule has 0 amide bonds. The Morgan fingerprint density at radius 2 is 2.56 bits per heavy atom. The van der Waals surface area contributed by atoms with Crippen molar-refractivity contribution in [3.8, 4) is 0 Å². The van der Waals surface area contributed by atoms with Gasteiger partial charge in [0.2, 0.25) is 0 Å². The highest BCUT2D eigenvalue weighted by Gasteiger charge is 1.89. The molecule has 1 N–H and O–H groups in total. The van der Waals surface area contributed by atoms with Gasteiger partial charge >= 0.3 is 0 Å². The van der Waals surface area contributed by atoms with Crippen LogP contribution in [0.25, 0.3) is 12.3 Å². The summed E-state index contributed by atoms with van der Waals surface area (Å²) in [7, 11) is 0. The van der Waals surface area contributed by atoms with Crippen LogP contribution in [0.5, 0.6) is 0 Å². The minimum Gasteiger partial charge on any atom is -0.387 e. The van der Waals surface area contributed by atoms with Crippen LogP contribution in [-0.4, -0.2) is 6.54 Å². The summed E-state index contributed by atoms with van der Waals surface area (Å²) in [5.41, 5.74) is 0. The number of rotatable bonds is 0. The molecule has 1 aromatic rings. The van der Waals surface area contributed by atoms with Gasteiger partial charge in [-0.1, -0.05) is 0 Å². The normalized spacial score (nSPS) is 14.7. The van der Waals surface area contributed by atoms with Crippen molar-refractivity contribution in [1.82, 2.24) is 5.32 Å². The molecule has 1 aliphatic heterocycles. The quantitative estimate of drug-likeness (QED) is 0.525. The Morgan fingerprint density at radius 3 is 3.44 bits per heavy atom. The second-order valence-corrected chi connectivity index (χ2v) is 2.94. The second-order valence-electron chi connectivity index (χ2n) is 2.00. The molecule has 1 aromatic heterocycles. The third-order valence-electron chi connectivity index (χ3n) is 1.39. The molecular formula is C7H7NS. The molecule has 46 valence electrons. The summed E-state index contributed by atoms with van der Waals surface area (Å²) in [4.78, 5) is 0. The van der Waals surface area contributed by atoms with Gasteiger partial charge in [0.05, 0.1) is 0 Å². The summed E-state index contributed by atoms with van der Waals surface area (Å²) < 4.78 is 1.40. The van der Waals surface area contributed by atoms with Crippen LogP contribution in [0.1, 0.15) is 0 Å². The van der Waals surface area contributed by atoms with Crippen LogP contribution in [0, 0.1) is 0 Å². The molecule has 0 saturated heterocycles. The van der Waals surface area contributed by atoms with E-state index in [2.05, 4.69) is 29.0 Å². The summed E-state index contributed by atoms with van der Waals surface area (Å²) in [6.45, 7) is 0.980. The average molecular weight is 137 g/mol. The van der Waals surface area contributed by atoms with Gasteiger partial charge in [0.15, 0.2) is 0 Å². The van der Waals surface area contributed by atoms with Gasteiger partial charge in [-0.3, -0.25) is 0 Å². The first-order valence-electron chi connectivity index (χ1n) is 2.94. The fraction of sp³-hybridized carbons (Fsp3) is 0.143. The van der Waals surface area contributed by atoms with Gasteiger partial charge in [0, 0.05) is 22.5 Å². The Morgan fingerprint density at radius 1 is 1.56 bits per heavy atom. The number of hydrogen-bond donors (Lipinski definition) is 1. The van der Waals surface area contributed by atoms with Crippen molar-refractivity contribution in [2.75, 3.05) is 6.54 Å². The predicted molar refractivity (Wildman–Crippen MR) is 40.5 cm³/mol. The molecule has 2 rings (SSSR count). The molecule has 0 atom stereocenters. The molecule has 0 radical (unpaired) electrons. The van der Waals surface area contributed by atoms with Crippen LogP contribution in [-0.2, 0) is 0 Å². The molecule has 2 heterocycles. The zero-order chi connectivity index (χ0) is 6.10. The van der Waals surface area contributed by atoms with Gasteiger partial charge < -0.3 is 5.32 Å². The number of hydrogen-bond acceptors (Lipinski definition) is 2. The average Bonchev–Trinajstić information content (AvgIpc) is 2.33. The highest BCUT2D eigenvalue weighted by atomic mass is 32.1. The lowest BCUT2D eigenvalue weighted by Crippen LogP contribution is -2.28. The molecule has 1 nitrogen and oxygen atoms in total. The minimum absolute atomic E-state index is 0.980. The molecule has 0 spiro atoms. The Hall–Kier alpha value is -0.760. The summed E-state index contributed by atoms with van der Waals surface area (Å²) in [6, 6.07) is 2.13. The van der Waals surface area contributed by atoms with Crippen molar-refractivity contribution in [1.29, 1.82) is 0 Å². The van der Waals surface area contributed by atoms with Gasteiger partial charge in [-0.2, -0.15) is 0 Å². The van der Waals surface area contributed by atoms with Crippen molar-refractivity contribution in [3.63, 3.8) is 0 Å². The third kappa shape index (κ3) is 0.754. The van der Waals surface area contributed by atoms with Gasteiger partial charge in [-0.05, 0) is 17.5 Å². The first-order chi connectivity index (χ1) is 4.47. The SMILES string of the molecule is C1=c2ccsc2=CCN1. The first-order valence-corrected chi connectivity index (χ1v) is 3.82. The van der Waals surface area contributed by atoms with Crippen LogP contribution in [0.4, 0.5) is 0 Å². The monoisotopic (exact) mass is 137 g/mol. The van der Waals surface area contributed by atoms with Crippen molar-refractivity contribution in [3.05, 3.63) is 21.2 Å².